The number of fused-ring (bicyclic) bond motifs is 1. The summed E-state index contributed by atoms with van der Waals surface area (Å²) in [4.78, 5) is 36.4. The molecule has 2 saturated heterocycles. The van der Waals surface area contributed by atoms with Crippen molar-refractivity contribution in [2.75, 3.05) is 26.2 Å². The van der Waals surface area contributed by atoms with Gasteiger partial charge in [-0.25, -0.2) is 9.78 Å². The van der Waals surface area contributed by atoms with E-state index in [2.05, 4.69) is 46.7 Å². The van der Waals surface area contributed by atoms with Crippen molar-refractivity contribution in [1.82, 2.24) is 25.4 Å². The third kappa shape index (κ3) is 5.88. The van der Waals surface area contributed by atoms with Crippen molar-refractivity contribution in [1.29, 1.82) is 0 Å². The molecule has 3 heterocycles. The number of amides is 3. The first-order chi connectivity index (χ1) is 20.6. The minimum atomic E-state index is -0.0925. The van der Waals surface area contributed by atoms with E-state index in [-0.39, 0.29) is 24.0 Å². The maximum Gasteiger partial charge on any atom is 0.317 e. The van der Waals surface area contributed by atoms with Crippen molar-refractivity contribution in [3.05, 3.63) is 102 Å². The molecule has 2 fully saturated rings. The summed E-state index contributed by atoms with van der Waals surface area (Å²) < 4.78 is 0. The summed E-state index contributed by atoms with van der Waals surface area (Å²) in [6, 6.07) is 28.6. The van der Waals surface area contributed by atoms with Gasteiger partial charge in [-0.05, 0) is 37.3 Å². The molecule has 2 aliphatic heterocycles. The minimum absolute atomic E-state index is 0.0626. The topological polar surface area (TPSA) is 77.6 Å². The van der Waals surface area contributed by atoms with Gasteiger partial charge < -0.3 is 15.5 Å². The summed E-state index contributed by atoms with van der Waals surface area (Å²) in [6.07, 6.45) is 3.62. The van der Waals surface area contributed by atoms with Crippen LogP contribution in [0.5, 0.6) is 0 Å². The lowest BCUT2D eigenvalue weighted by Gasteiger charge is -2.40. The number of nitrogens with one attached hydrogen (secondary N) is 2. The van der Waals surface area contributed by atoms with Crippen LogP contribution in [0.3, 0.4) is 0 Å². The first kappa shape index (κ1) is 27.9. The van der Waals surface area contributed by atoms with Crippen molar-refractivity contribution in [3.63, 3.8) is 0 Å². The molecule has 216 valence electrons. The number of benzene rings is 3. The van der Waals surface area contributed by atoms with Crippen LogP contribution in [0.25, 0.3) is 22.2 Å². The average molecular weight is 562 g/mol. The molecule has 0 saturated carbocycles. The number of para-hydroxylation sites is 1. The number of piperidine rings is 1. The van der Waals surface area contributed by atoms with Crippen molar-refractivity contribution < 1.29 is 9.59 Å². The first-order valence-electron chi connectivity index (χ1n) is 15.2. The molecule has 0 spiro atoms. The Morgan fingerprint density at radius 2 is 1.64 bits per heavy atom. The lowest BCUT2D eigenvalue weighted by molar-refractivity contribution is 0.0929. The van der Waals surface area contributed by atoms with Gasteiger partial charge in [-0.3, -0.25) is 9.69 Å². The molecule has 42 heavy (non-hydrogen) atoms. The van der Waals surface area contributed by atoms with E-state index in [1.807, 2.05) is 65.6 Å². The summed E-state index contributed by atoms with van der Waals surface area (Å²) in [5.41, 5.74) is 5.42. The fourth-order valence-electron chi connectivity index (χ4n) is 6.45. The molecule has 2 N–H and O–H groups in total. The Labute approximate surface area is 247 Å². The van der Waals surface area contributed by atoms with Gasteiger partial charge in [-0.2, -0.15) is 0 Å². The molecule has 4 aromatic rings. The van der Waals surface area contributed by atoms with E-state index in [0.29, 0.717) is 12.1 Å². The normalized spacial score (nSPS) is 17.2. The summed E-state index contributed by atoms with van der Waals surface area (Å²) in [5.74, 6) is -0.0728. The maximum absolute atomic E-state index is 14.3. The zero-order valence-electron chi connectivity index (χ0n) is 24.3. The van der Waals surface area contributed by atoms with Gasteiger partial charge in [0, 0.05) is 55.3 Å². The fourth-order valence-corrected chi connectivity index (χ4v) is 6.45. The number of carbonyl (C=O) groups is 2. The van der Waals surface area contributed by atoms with E-state index in [4.69, 9.17) is 4.98 Å². The molecule has 7 nitrogen and oxygen atoms in total. The van der Waals surface area contributed by atoms with E-state index >= 15 is 0 Å². The number of nitrogens with zero attached hydrogens (tertiary/aromatic N) is 3. The van der Waals surface area contributed by atoms with Gasteiger partial charge in [-0.1, -0.05) is 85.8 Å². The second-order valence-electron chi connectivity index (χ2n) is 11.3. The van der Waals surface area contributed by atoms with Gasteiger partial charge in [0.25, 0.3) is 5.91 Å². The Morgan fingerprint density at radius 1 is 0.952 bits per heavy atom. The molecule has 0 aliphatic carbocycles. The maximum atomic E-state index is 14.3. The SMILES string of the molecule is CC[C@H](NC(=O)c1c(CN2CCC(N3CCCNC3=O)CC2)c(-c2ccccc2)nc2ccccc12)c1ccccc1. The molecule has 3 amide bonds. The Kier molecular flexibility index (Phi) is 8.47. The van der Waals surface area contributed by atoms with Crippen molar-refractivity contribution in [2.24, 2.45) is 0 Å². The molecular weight excluding hydrogens is 522 g/mol. The van der Waals surface area contributed by atoms with Crippen molar-refractivity contribution in [2.45, 2.75) is 51.2 Å². The van der Waals surface area contributed by atoms with E-state index in [0.717, 1.165) is 85.1 Å². The Hall–Kier alpha value is -4.23. The van der Waals surface area contributed by atoms with Gasteiger partial charge in [-0.15, -0.1) is 0 Å². The number of likely N-dealkylation sites (tertiary alicyclic amines) is 1. The molecule has 0 unspecified atom stereocenters. The van der Waals surface area contributed by atoms with Crippen LogP contribution in [0.1, 0.15) is 60.1 Å². The third-order valence-corrected chi connectivity index (χ3v) is 8.68. The molecule has 2 aliphatic rings. The summed E-state index contributed by atoms with van der Waals surface area (Å²) in [6.45, 7) is 6.03. The standard InChI is InChI=1S/C35H39N5O2/c1-2-30(25-12-5-3-6-13-25)38-34(41)32-28-16-9-10-17-31(28)37-33(26-14-7-4-8-15-26)29(32)24-39-22-18-27(19-23-39)40-21-11-20-36-35(40)42/h3-10,12-17,27,30H,2,11,18-24H2,1H3,(H,36,42)(H,38,41)/t30-/m0/s1. The molecule has 1 atom stereocenters. The fraction of sp³-hybridized carbons (Fsp3) is 0.343. The highest BCUT2D eigenvalue weighted by Gasteiger charge is 2.31. The summed E-state index contributed by atoms with van der Waals surface area (Å²) in [7, 11) is 0. The van der Waals surface area contributed by atoms with E-state index in [1.165, 1.54) is 0 Å². The molecule has 6 rings (SSSR count). The van der Waals surface area contributed by atoms with E-state index in [1.54, 1.807) is 0 Å². The predicted molar refractivity (Wildman–Crippen MR) is 167 cm³/mol. The quantitative estimate of drug-likeness (QED) is 0.270. The molecule has 3 aromatic carbocycles. The van der Waals surface area contributed by atoms with Crippen LogP contribution in [0.4, 0.5) is 4.79 Å². The van der Waals surface area contributed by atoms with Gasteiger partial charge in [0.1, 0.15) is 0 Å². The number of carbonyl (C=O) groups excluding carboxylic acids is 2. The van der Waals surface area contributed by atoms with Crippen molar-refractivity contribution >= 4 is 22.8 Å². The van der Waals surface area contributed by atoms with Gasteiger partial charge in [0.15, 0.2) is 0 Å². The highest BCUT2D eigenvalue weighted by atomic mass is 16.2. The number of hydrogen-bond acceptors (Lipinski definition) is 4. The lowest BCUT2D eigenvalue weighted by atomic mass is 9.94. The number of urea groups is 1. The third-order valence-electron chi connectivity index (χ3n) is 8.68. The molecule has 1 aromatic heterocycles. The number of rotatable bonds is 8. The highest BCUT2D eigenvalue weighted by molar-refractivity contribution is 6.09. The van der Waals surface area contributed by atoms with Gasteiger partial charge in [0.2, 0.25) is 0 Å². The second-order valence-corrected chi connectivity index (χ2v) is 11.3. The van der Waals surface area contributed by atoms with E-state index in [9.17, 15) is 9.59 Å². The Balaban J connectivity index is 1.36. The Bertz CT molecular complexity index is 1530. The van der Waals surface area contributed by atoms with Crippen LogP contribution in [-0.2, 0) is 6.54 Å². The van der Waals surface area contributed by atoms with E-state index < -0.39 is 0 Å². The molecule has 0 bridgehead atoms. The van der Waals surface area contributed by atoms with Gasteiger partial charge in [0.05, 0.1) is 22.8 Å². The zero-order valence-corrected chi connectivity index (χ0v) is 24.3. The molecule has 7 heteroatoms. The first-order valence-corrected chi connectivity index (χ1v) is 15.2. The van der Waals surface area contributed by atoms with Crippen LogP contribution in [0.2, 0.25) is 0 Å². The number of pyridine rings is 1. The number of hydrogen-bond donors (Lipinski definition) is 2. The van der Waals surface area contributed by atoms with Crippen LogP contribution in [0.15, 0.2) is 84.9 Å². The molecular formula is C35H39N5O2. The summed E-state index contributed by atoms with van der Waals surface area (Å²) in [5, 5.41) is 7.23. The van der Waals surface area contributed by atoms with Crippen LogP contribution in [0, 0.1) is 0 Å². The largest absolute Gasteiger partial charge is 0.345 e. The zero-order chi connectivity index (χ0) is 28.9. The van der Waals surface area contributed by atoms with Crippen molar-refractivity contribution in [3.8, 4) is 11.3 Å². The smallest absolute Gasteiger partial charge is 0.317 e. The minimum Gasteiger partial charge on any atom is -0.345 e. The van der Waals surface area contributed by atoms with Gasteiger partial charge >= 0.3 is 6.03 Å². The highest BCUT2D eigenvalue weighted by Crippen LogP contribution is 2.33. The average Bonchev–Trinajstić information content (AvgIpc) is 3.04. The van der Waals surface area contributed by atoms with Crippen LogP contribution in [-0.4, -0.2) is 58.9 Å². The second kappa shape index (κ2) is 12.7. The molecule has 0 radical (unpaired) electrons. The lowest BCUT2D eigenvalue weighted by Crippen LogP contribution is -2.54. The van der Waals surface area contributed by atoms with Crippen LogP contribution >= 0.6 is 0 Å². The monoisotopic (exact) mass is 561 g/mol. The Morgan fingerprint density at radius 3 is 2.36 bits per heavy atom. The van der Waals surface area contributed by atoms with Crippen LogP contribution < -0.4 is 10.6 Å². The summed E-state index contributed by atoms with van der Waals surface area (Å²) >= 11 is 0. The predicted octanol–water partition coefficient (Wildman–Crippen LogP) is 6.16. The number of aromatic nitrogens is 1.